The topological polar surface area (TPSA) is 88.5 Å². The molecule has 2 heterocycles. The molecule has 0 fully saturated rings. The largest absolute Gasteiger partial charge is 0.347 e. The van der Waals surface area contributed by atoms with Crippen molar-refractivity contribution in [3.8, 4) is 0 Å². The van der Waals surface area contributed by atoms with Gasteiger partial charge >= 0.3 is 0 Å². The Kier molecular flexibility index (Phi) is 6.65. The lowest BCUT2D eigenvalue weighted by Gasteiger charge is -2.08. The summed E-state index contributed by atoms with van der Waals surface area (Å²) in [5.74, 6) is 1.03. The van der Waals surface area contributed by atoms with Crippen LogP contribution < -0.4 is 5.32 Å². The van der Waals surface area contributed by atoms with Crippen LogP contribution in [0.2, 0.25) is 0 Å². The molecule has 138 valence electrons. The lowest BCUT2D eigenvalue weighted by molar-refractivity contribution is -0.116. The number of rotatable bonds is 10. The number of aromatic nitrogens is 5. The average molecular weight is 372 g/mol. The molecular formula is C18H24N6OS. The van der Waals surface area contributed by atoms with Gasteiger partial charge in [-0.15, -0.1) is 5.10 Å². The molecule has 0 bridgehead atoms. The molecule has 0 spiro atoms. The highest BCUT2D eigenvalue weighted by Crippen LogP contribution is 2.22. The smallest absolute Gasteiger partial charge is 0.224 e. The quantitative estimate of drug-likeness (QED) is 0.417. The molecule has 7 nitrogen and oxygen atoms in total. The van der Waals surface area contributed by atoms with Crippen LogP contribution in [0.15, 0.2) is 35.6 Å². The maximum Gasteiger partial charge on any atom is 0.224 e. The highest BCUT2D eigenvalue weighted by atomic mass is 32.2. The second-order valence-electron chi connectivity index (χ2n) is 6.20. The maximum absolute atomic E-state index is 12.0. The van der Waals surface area contributed by atoms with E-state index in [2.05, 4.69) is 61.8 Å². The minimum atomic E-state index is 0.0907. The number of thioether (sulfide) groups is 1. The number of nitrogens with one attached hydrogen (secondary N) is 2. The fraction of sp³-hybridized carbons (Fsp3) is 0.444. The van der Waals surface area contributed by atoms with Crippen molar-refractivity contribution < 1.29 is 4.79 Å². The van der Waals surface area contributed by atoms with Crippen molar-refractivity contribution >= 4 is 34.3 Å². The summed E-state index contributed by atoms with van der Waals surface area (Å²) in [5, 5.41) is 18.7. The number of amides is 1. The number of carbonyl (C=O) groups is 1. The number of H-pyrrole nitrogens is 1. The third-order valence-electron chi connectivity index (χ3n) is 4.17. The molecule has 3 rings (SSSR count). The van der Waals surface area contributed by atoms with Crippen LogP contribution in [0.3, 0.4) is 0 Å². The second kappa shape index (κ2) is 9.38. The molecule has 0 radical (unpaired) electrons. The Morgan fingerprint density at radius 3 is 3.00 bits per heavy atom. The Morgan fingerprint density at radius 1 is 1.27 bits per heavy atom. The van der Waals surface area contributed by atoms with Gasteiger partial charge in [-0.25, -0.2) is 5.10 Å². The summed E-state index contributed by atoms with van der Waals surface area (Å²) in [5.41, 5.74) is 2.00. The van der Waals surface area contributed by atoms with E-state index in [1.165, 1.54) is 5.39 Å². The number of anilines is 1. The average Bonchev–Trinajstić information content (AvgIpc) is 3.29. The van der Waals surface area contributed by atoms with Gasteiger partial charge in [0.05, 0.1) is 5.52 Å². The number of tetrazole rings is 1. The lowest BCUT2D eigenvalue weighted by Crippen LogP contribution is -2.11. The van der Waals surface area contributed by atoms with Gasteiger partial charge in [-0.2, -0.15) is 0 Å². The van der Waals surface area contributed by atoms with E-state index in [4.69, 9.17) is 0 Å². The monoisotopic (exact) mass is 372 g/mol. The minimum Gasteiger partial charge on any atom is -0.347 e. The van der Waals surface area contributed by atoms with Crippen molar-refractivity contribution in [3.63, 3.8) is 0 Å². The molecule has 0 aliphatic rings. The molecule has 3 aromatic rings. The zero-order valence-corrected chi connectivity index (χ0v) is 15.8. The van der Waals surface area contributed by atoms with E-state index in [0.29, 0.717) is 6.42 Å². The Labute approximate surface area is 156 Å². The molecular weight excluding hydrogens is 348 g/mol. The van der Waals surface area contributed by atoms with Crippen molar-refractivity contribution in [1.29, 1.82) is 0 Å². The van der Waals surface area contributed by atoms with Gasteiger partial charge in [0.25, 0.3) is 0 Å². The number of carbonyl (C=O) groups excluding carboxylic acids is 1. The van der Waals surface area contributed by atoms with Crippen LogP contribution >= 0.6 is 11.8 Å². The molecule has 0 unspecified atom stereocenters. The van der Waals surface area contributed by atoms with E-state index in [1.54, 1.807) is 11.8 Å². The van der Waals surface area contributed by atoms with Gasteiger partial charge in [0.15, 0.2) is 0 Å². The summed E-state index contributed by atoms with van der Waals surface area (Å²) in [4.78, 5) is 12.0. The predicted octanol–water partition coefficient (Wildman–Crippen LogP) is 3.86. The van der Waals surface area contributed by atoms with Crippen LogP contribution in [0, 0.1) is 0 Å². The molecule has 0 saturated carbocycles. The number of aryl methyl sites for hydroxylation is 1. The van der Waals surface area contributed by atoms with Crippen LogP contribution in [-0.4, -0.2) is 36.9 Å². The van der Waals surface area contributed by atoms with Crippen LogP contribution in [0.5, 0.6) is 0 Å². The summed E-state index contributed by atoms with van der Waals surface area (Å²) in [7, 11) is 0. The number of unbranched alkanes of at least 4 members (excludes halogenated alkanes) is 2. The molecule has 2 aromatic heterocycles. The zero-order valence-electron chi connectivity index (χ0n) is 14.9. The van der Waals surface area contributed by atoms with Gasteiger partial charge in [0, 0.05) is 30.6 Å². The molecule has 1 amide bonds. The number of nitrogens with zero attached hydrogens (tertiary/aromatic N) is 4. The normalized spacial score (nSPS) is 11.1. The van der Waals surface area contributed by atoms with Crippen molar-refractivity contribution in [2.45, 2.75) is 50.7 Å². The van der Waals surface area contributed by atoms with Gasteiger partial charge < -0.3 is 9.88 Å². The molecule has 8 heteroatoms. The first kappa shape index (κ1) is 18.4. The molecule has 0 aliphatic heterocycles. The van der Waals surface area contributed by atoms with Crippen LogP contribution in [-0.2, 0) is 11.3 Å². The SMILES string of the molecule is CCCCCC(=O)Nc1ccc2ccn(CCCSc3nnn[nH]3)c2c1. The molecule has 0 saturated heterocycles. The van der Waals surface area contributed by atoms with Crippen molar-refractivity contribution in [3.05, 3.63) is 30.5 Å². The van der Waals surface area contributed by atoms with E-state index >= 15 is 0 Å². The number of hydrogen-bond acceptors (Lipinski definition) is 5. The first-order valence-corrected chi connectivity index (χ1v) is 10.00. The van der Waals surface area contributed by atoms with Crippen LogP contribution in [0.4, 0.5) is 5.69 Å². The van der Waals surface area contributed by atoms with E-state index in [9.17, 15) is 4.79 Å². The molecule has 0 aliphatic carbocycles. The molecule has 2 N–H and O–H groups in total. The number of hydrogen-bond donors (Lipinski definition) is 2. The Bertz CT molecular complexity index is 829. The van der Waals surface area contributed by atoms with Crippen molar-refractivity contribution in [1.82, 2.24) is 25.2 Å². The van der Waals surface area contributed by atoms with Crippen LogP contribution in [0.25, 0.3) is 10.9 Å². The Morgan fingerprint density at radius 2 is 2.19 bits per heavy atom. The first-order chi connectivity index (χ1) is 12.8. The third-order valence-corrected chi connectivity index (χ3v) is 5.11. The first-order valence-electron chi connectivity index (χ1n) is 9.01. The zero-order chi connectivity index (χ0) is 18.2. The second-order valence-corrected chi connectivity index (χ2v) is 7.28. The van der Waals surface area contributed by atoms with E-state index in [-0.39, 0.29) is 5.91 Å². The number of fused-ring (bicyclic) bond motifs is 1. The summed E-state index contributed by atoms with van der Waals surface area (Å²) >= 11 is 1.61. The van der Waals surface area contributed by atoms with Gasteiger partial charge in [0.2, 0.25) is 11.1 Å². The highest BCUT2D eigenvalue weighted by Gasteiger charge is 2.06. The predicted molar refractivity (Wildman–Crippen MR) is 104 cm³/mol. The maximum atomic E-state index is 12.0. The number of benzene rings is 1. The van der Waals surface area contributed by atoms with Gasteiger partial charge in [-0.05, 0) is 46.9 Å². The van der Waals surface area contributed by atoms with Gasteiger partial charge in [-0.1, -0.05) is 37.6 Å². The minimum absolute atomic E-state index is 0.0907. The number of aromatic amines is 1. The Hall–Kier alpha value is -2.35. The van der Waals surface area contributed by atoms with E-state index in [0.717, 1.165) is 54.3 Å². The fourth-order valence-electron chi connectivity index (χ4n) is 2.83. The molecule has 1 aromatic carbocycles. The highest BCUT2D eigenvalue weighted by molar-refractivity contribution is 7.99. The van der Waals surface area contributed by atoms with E-state index < -0.39 is 0 Å². The van der Waals surface area contributed by atoms with E-state index in [1.807, 2.05) is 6.07 Å². The summed E-state index contributed by atoms with van der Waals surface area (Å²) in [6.07, 6.45) is 6.84. The third kappa shape index (κ3) is 5.08. The molecule has 26 heavy (non-hydrogen) atoms. The lowest BCUT2D eigenvalue weighted by atomic mass is 10.2. The molecule has 0 atom stereocenters. The Balaban J connectivity index is 1.56. The fourth-order valence-corrected chi connectivity index (χ4v) is 3.50. The van der Waals surface area contributed by atoms with Crippen molar-refractivity contribution in [2.75, 3.05) is 11.1 Å². The van der Waals surface area contributed by atoms with Crippen LogP contribution in [0.1, 0.15) is 39.0 Å². The summed E-state index contributed by atoms with van der Waals surface area (Å²) in [6, 6.07) is 8.19. The standard InChI is InChI=1S/C18H24N6OS/c1-2-3-4-6-17(25)19-15-8-7-14-9-11-24(16(14)13-15)10-5-12-26-18-20-22-23-21-18/h7-9,11,13H,2-6,10,12H2,1H3,(H,19,25)(H,20,21,22,23). The summed E-state index contributed by atoms with van der Waals surface area (Å²) < 4.78 is 2.22. The van der Waals surface area contributed by atoms with Gasteiger partial charge in [-0.3, -0.25) is 4.79 Å². The van der Waals surface area contributed by atoms with Gasteiger partial charge in [0.1, 0.15) is 0 Å². The summed E-state index contributed by atoms with van der Waals surface area (Å²) in [6.45, 7) is 3.05. The van der Waals surface area contributed by atoms with Crippen molar-refractivity contribution in [2.24, 2.45) is 0 Å².